The number of carbonyl (C=O) groups excluding carboxylic acids is 1. The third-order valence-electron chi connectivity index (χ3n) is 6.50. The van der Waals surface area contributed by atoms with E-state index in [4.69, 9.17) is 13.9 Å². The van der Waals surface area contributed by atoms with Crippen molar-refractivity contribution in [2.24, 2.45) is 5.41 Å². The molecule has 3 rings (SSSR count). The minimum atomic E-state index is -2.58. The summed E-state index contributed by atoms with van der Waals surface area (Å²) in [6.45, 7) is 13.5. The summed E-state index contributed by atoms with van der Waals surface area (Å²) in [5, 5.41) is 2.50. The van der Waals surface area contributed by atoms with E-state index in [0.717, 1.165) is 19.3 Å². The second kappa shape index (κ2) is 11.7. The lowest BCUT2D eigenvalue weighted by Crippen LogP contribution is -2.67. The third-order valence-corrected chi connectivity index (χ3v) is 11.5. The Balaban J connectivity index is 1.68. The van der Waals surface area contributed by atoms with Gasteiger partial charge < -0.3 is 13.9 Å². The lowest BCUT2D eigenvalue weighted by Gasteiger charge is -2.44. The molecule has 2 aromatic rings. The van der Waals surface area contributed by atoms with Crippen molar-refractivity contribution in [3.8, 4) is 0 Å². The van der Waals surface area contributed by atoms with Gasteiger partial charge in [-0.3, -0.25) is 4.79 Å². The molecule has 0 N–H and O–H groups in total. The van der Waals surface area contributed by atoms with Gasteiger partial charge in [-0.25, -0.2) is 0 Å². The van der Waals surface area contributed by atoms with Crippen molar-refractivity contribution in [2.75, 3.05) is 13.2 Å². The van der Waals surface area contributed by atoms with Gasteiger partial charge in [0.2, 0.25) is 0 Å². The topological polar surface area (TPSA) is 44.8 Å². The number of hydrogen-bond acceptors (Lipinski definition) is 4. The predicted molar refractivity (Wildman–Crippen MR) is 146 cm³/mol. The van der Waals surface area contributed by atoms with Gasteiger partial charge in [0.1, 0.15) is 0 Å². The van der Waals surface area contributed by atoms with Gasteiger partial charge in [0.05, 0.1) is 30.8 Å². The van der Waals surface area contributed by atoms with Crippen LogP contribution in [0.15, 0.2) is 72.8 Å². The number of esters is 1. The highest BCUT2D eigenvalue weighted by Gasteiger charge is 2.50. The molecular weight excluding hydrogens is 452 g/mol. The van der Waals surface area contributed by atoms with E-state index in [1.807, 2.05) is 20.8 Å². The van der Waals surface area contributed by atoms with Crippen LogP contribution in [0.3, 0.4) is 0 Å². The van der Waals surface area contributed by atoms with Crippen LogP contribution in [0.2, 0.25) is 5.04 Å². The summed E-state index contributed by atoms with van der Waals surface area (Å²) in [6, 6.07) is 21.4. The summed E-state index contributed by atoms with van der Waals surface area (Å²) in [7, 11) is -2.58. The fourth-order valence-electron chi connectivity index (χ4n) is 4.65. The standard InChI is InChI=1S/C30H42O4Si/c1-29(2,3)28(31)32-22-14-17-24-15-13-16-25(34-24)23-33-35(30(4,5)6,26-18-9-7-10-19-26)27-20-11-8-12-21-27/h7-13,15,18-21,24-25H,14,16-17,22-23H2,1-6H3/t24-,25-/m0/s1. The Hall–Kier alpha value is -2.21. The van der Waals surface area contributed by atoms with Crippen LogP contribution in [0, 0.1) is 5.41 Å². The van der Waals surface area contributed by atoms with Crippen molar-refractivity contribution in [1.29, 1.82) is 0 Å². The van der Waals surface area contributed by atoms with Gasteiger partial charge in [0.15, 0.2) is 0 Å². The van der Waals surface area contributed by atoms with Crippen molar-refractivity contribution >= 4 is 24.7 Å². The highest BCUT2D eigenvalue weighted by atomic mass is 28.4. The van der Waals surface area contributed by atoms with E-state index < -0.39 is 13.7 Å². The molecule has 0 amide bonds. The summed E-state index contributed by atoms with van der Waals surface area (Å²) in [6.07, 6.45) is 6.80. The first kappa shape index (κ1) is 27.4. The number of hydrogen-bond donors (Lipinski definition) is 0. The molecule has 35 heavy (non-hydrogen) atoms. The van der Waals surface area contributed by atoms with Gasteiger partial charge in [-0.2, -0.15) is 0 Å². The molecule has 0 bridgehead atoms. The Labute approximate surface area is 212 Å². The quantitative estimate of drug-likeness (QED) is 0.196. The van der Waals surface area contributed by atoms with Crippen LogP contribution in [0.1, 0.15) is 60.8 Å². The molecule has 0 spiro atoms. The van der Waals surface area contributed by atoms with E-state index in [1.54, 1.807) is 0 Å². The van der Waals surface area contributed by atoms with Crippen LogP contribution in [-0.2, 0) is 18.7 Å². The number of ether oxygens (including phenoxy) is 2. The van der Waals surface area contributed by atoms with Crippen LogP contribution >= 0.6 is 0 Å². The summed E-state index contributed by atoms with van der Waals surface area (Å²) in [5.41, 5.74) is -0.468. The number of benzene rings is 2. The monoisotopic (exact) mass is 494 g/mol. The molecule has 0 saturated heterocycles. The highest BCUT2D eigenvalue weighted by Crippen LogP contribution is 2.37. The van der Waals surface area contributed by atoms with Gasteiger partial charge in [-0.05, 0) is 55.4 Å². The van der Waals surface area contributed by atoms with Crippen molar-refractivity contribution in [3.05, 3.63) is 72.8 Å². The van der Waals surface area contributed by atoms with Crippen molar-refractivity contribution in [2.45, 2.75) is 78.1 Å². The summed E-state index contributed by atoms with van der Waals surface area (Å²) >= 11 is 0. The summed E-state index contributed by atoms with van der Waals surface area (Å²) in [5.74, 6) is -0.158. The molecule has 190 valence electrons. The number of carbonyl (C=O) groups is 1. The molecule has 0 aliphatic carbocycles. The molecule has 2 aromatic carbocycles. The van der Waals surface area contributed by atoms with Gasteiger partial charge >= 0.3 is 5.97 Å². The zero-order chi connectivity index (χ0) is 25.5. The third kappa shape index (κ3) is 6.93. The summed E-state index contributed by atoms with van der Waals surface area (Å²) in [4.78, 5) is 12.0. The Bertz CT molecular complexity index is 918. The fraction of sp³-hybridized carbons (Fsp3) is 0.500. The smallest absolute Gasteiger partial charge is 0.311 e. The first-order valence-corrected chi connectivity index (χ1v) is 14.7. The van der Waals surface area contributed by atoms with Crippen molar-refractivity contribution < 1.29 is 18.7 Å². The highest BCUT2D eigenvalue weighted by molar-refractivity contribution is 6.99. The molecule has 1 heterocycles. The fourth-order valence-corrected chi connectivity index (χ4v) is 9.24. The average molecular weight is 495 g/mol. The van der Waals surface area contributed by atoms with E-state index in [9.17, 15) is 4.79 Å². The van der Waals surface area contributed by atoms with Gasteiger partial charge in [0, 0.05) is 0 Å². The zero-order valence-corrected chi connectivity index (χ0v) is 23.3. The molecule has 0 radical (unpaired) electrons. The molecule has 0 saturated carbocycles. The minimum Gasteiger partial charge on any atom is -0.465 e. The molecule has 4 nitrogen and oxygen atoms in total. The zero-order valence-electron chi connectivity index (χ0n) is 22.3. The predicted octanol–water partition coefficient (Wildman–Crippen LogP) is 5.65. The first-order valence-electron chi connectivity index (χ1n) is 12.8. The van der Waals surface area contributed by atoms with Gasteiger partial charge in [0.25, 0.3) is 8.32 Å². The molecule has 1 aliphatic heterocycles. The molecular formula is C30H42O4Si. The van der Waals surface area contributed by atoms with Crippen LogP contribution in [-0.4, -0.2) is 39.7 Å². The molecule has 5 heteroatoms. The Kier molecular flexibility index (Phi) is 9.14. The maximum absolute atomic E-state index is 12.0. The molecule has 2 atom stereocenters. The van der Waals surface area contributed by atoms with E-state index in [2.05, 4.69) is 93.6 Å². The minimum absolute atomic E-state index is 0.00350. The largest absolute Gasteiger partial charge is 0.465 e. The molecule has 0 aromatic heterocycles. The van der Waals surface area contributed by atoms with E-state index >= 15 is 0 Å². The van der Waals surface area contributed by atoms with Crippen molar-refractivity contribution in [1.82, 2.24) is 0 Å². The maximum atomic E-state index is 12.0. The van der Waals surface area contributed by atoms with Crippen LogP contribution in [0.4, 0.5) is 0 Å². The first-order chi connectivity index (χ1) is 16.5. The van der Waals surface area contributed by atoms with E-state index in [0.29, 0.717) is 13.2 Å². The second-order valence-electron chi connectivity index (χ2n) is 11.5. The molecule has 0 unspecified atom stereocenters. The lowest BCUT2D eigenvalue weighted by molar-refractivity contribution is -0.153. The average Bonchev–Trinajstić information content (AvgIpc) is 2.82. The van der Waals surface area contributed by atoms with Crippen LogP contribution in [0.5, 0.6) is 0 Å². The SMILES string of the molecule is CC(C)(C)C(=O)OCCC[C@@H]1C=CC[C@@H](CO[Si](c2ccccc2)(c2ccccc2)C(C)(C)C)O1. The molecule has 0 fully saturated rings. The molecule has 1 aliphatic rings. The lowest BCUT2D eigenvalue weighted by atomic mass is 9.97. The Morgan fingerprint density at radius 1 is 0.943 bits per heavy atom. The van der Waals surface area contributed by atoms with Crippen molar-refractivity contribution in [3.63, 3.8) is 0 Å². The van der Waals surface area contributed by atoms with Crippen LogP contribution < -0.4 is 10.4 Å². The van der Waals surface area contributed by atoms with E-state index in [-0.39, 0.29) is 23.2 Å². The summed E-state index contributed by atoms with van der Waals surface area (Å²) < 4.78 is 18.9. The Morgan fingerprint density at radius 2 is 1.51 bits per heavy atom. The maximum Gasteiger partial charge on any atom is 0.311 e. The van der Waals surface area contributed by atoms with Crippen LogP contribution in [0.25, 0.3) is 0 Å². The Morgan fingerprint density at radius 3 is 2.03 bits per heavy atom. The number of rotatable bonds is 9. The van der Waals surface area contributed by atoms with Gasteiger partial charge in [-0.1, -0.05) is 93.6 Å². The van der Waals surface area contributed by atoms with Gasteiger partial charge in [-0.15, -0.1) is 0 Å². The second-order valence-corrected chi connectivity index (χ2v) is 15.8. The normalized spacial score (nSPS) is 18.9. The van der Waals surface area contributed by atoms with E-state index in [1.165, 1.54) is 10.4 Å².